The van der Waals surface area contributed by atoms with Crippen molar-refractivity contribution in [2.75, 3.05) is 0 Å². The van der Waals surface area contributed by atoms with Crippen LogP contribution < -0.4 is 0 Å². The van der Waals surface area contributed by atoms with Crippen LogP contribution in [0.15, 0.2) is 35.5 Å². The Morgan fingerprint density at radius 3 is 2.73 bits per heavy atom. The molecule has 1 aliphatic carbocycles. The third-order valence-corrected chi connectivity index (χ3v) is 3.78. The molecule has 0 amide bonds. The van der Waals surface area contributed by atoms with Crippen molar-refractivity contribution in [2.45, 2.75) is 64.4 Å². The number of aliphatic hydroxyl groups excluding tert-OH is 1. The van der Waals surface area contributed by atoms with Gasteiger partial charge in [0.1, 0.15) is 0 Å². The highest BCUT2D eigenvalue weighted by atomic mass is 16.4. The maximum absolute atomic E-state index is 11.9. The largest absolute Gasteiger partial charge is 0.481 e. The Hall–Kier alpha value is -1.68. The first-order valence-electron chi connectivity index (χ1n) is 8.02. The Morgan fingerprint density at radius 2 is 2.05 bits per heavy atom. The second-order valence-corrected chi connectivity index (χ2v) is 5.58. The van der Waals surface area contributed by atoms with Crippen LogP contribution in [0, 0.1) is 0 Å². The van der Waals surface area contributed by atoms with E-state index in [1.807, 2.05) is 25.2 Å². The first-order valence-corrected chi connectivity index (χ1v) is 8.02. The number of unbranched alkanes of at least 4 members (excludes halogenated alkanes) is 2. The van der Waals surface area contributed by atoms with Gasteiger partial charge >= 0.3 is 5.97 Å². The molecule has 4 heteroatoms. The van der Waals surface area contributed by atoms with Gasteiger partial charge in [0.2, 0.25) is 0 Å². The second kappa shape index (κ2) is 10.1. The molecular formula is C18H26O4. The summed E-state index contributed by atoms with van der Waals surface area (Å²) in [5, 5.41) is 18.1. The summed E-state index contributed by atoms with van der Waals surface area (Å²) in [6.45, 7) is 1.91. The minimum Gasteiger partial charge on any atom is -0.481 e. The predicted octanol–water partition coefficient (Wildman–Crippen LogP) is 3.56. The maximum atomic E-state index is 11.9. The summed E-state index contributed by atoms with van der Waals surface area (Å²) < 4.78 is 0. The van der Waals surface area contributed by atoms with Crippen LogP contribution in [-0.4, -0.2) is 28.1 Å². The molecule has 0 saturated heterocycles. The van der Waals surface area contributed by atoms with E-state index in [-0.39, 0.29) is 12.2 Å². The molecule has 0 aliphatic heterocycles. The lowest BCUT2D eigenvalue weighted by molar-refractivity contribution is -0.137. The fraction of sp³-hybridized carbons (Fsp3) is 0.556. The molecule has 4 nitrogen and oxygen atoms in total. The number of carboxylic acid groups (broad SMARTS) is 1. The molecule has 1 atom stereocenters. The monoisotopic (exact) mass is 306 g/mol. The van der Waals surface area contributed by atoms with Gasteiger partial charge in [-0.3, -0.25) is 9.59 Å². The van der Waals surface area contributed by atoms with Gasteiger partial charge in [-0.15, -0.1) is 0 Å². The molecule has 0 saturated carbocycles. The van der Waals surface area contributed by atoms with Gasteiger partial charge < -0.3 is 10.2 Å². The van der Waals surface area contributed by atoms with Crippen molar-refractivity contribution in [1.82, 2.24) is 0 Å². The first-order chi connectivity index (χ1) is 10.5. The molecule has 0 aromatic rings. The van der Waals surface area contributed by atoms with Crippen LogP contribution in [0.5, 0.6) is 0 Å². The van der Waals surface area contributed by atoms with Crippen LogP contribution in [0.3, 0.4) is 0 Å². The highest BCUT2D eigenvalue weighted by Gasteiger charge is 2.19. The zero-order valence-corrected chi connectivity index (χ0v) is 13.3. The van der Waals surface area contributed by atoms with E-state index in [0.29, 0.717) is 25.7 Å². The topological polar surface area (TPSA) is 74.6 Å². The number of aliphatic hydroxyl groups is 1. The van der Waals surface area contributed by atoms with Crippen molar-refractivity contribution < 1.29 is 19.8 Å². The highest BCUT2D eigenvalue weighted by molar-refractivity contribution is 5.99. The van der Waals surface area contributed by atoms with Crippen LogP contribution in [-0.2, 0) is 9.59 Å². The highest BCUT2D eigenvalue weighted by Crippen LogP contribution is 2.27. The standard InChI is InChI=1S/C18H26O4/c1-2-15(19)12-10-14-11-13-17(20)16(14)8-6-4-3-5-7-9-18(21)22/h4,6,10,12,15,19H,2-3,5,7-9,11,13H2,1H3,(H,21,22)/b6-4-,12-10+/t15-/m0/s1. The van der Waals surface area contributed by atoms with Gasteiger partial charge in [-0.2, -0.15) is 0 Å². The maximum Gasteiger partial charge on any atom is 0.303 e. The number of carbonyl (C=O) groups excluding carboxylic acids is 1. The summed E-state index contributed by atoms with van der Waals surface area (Å²) in [6.07, 6.45) is 12.4. The SMILES string of the molecule is CC[C@H](O)/C=C/C1=C(C/C=C\CCCCC(=O)O)C(=O)CC1. The summed E-state index contributed by atoms with van der Waals surface area (Å²) in [5.74, 6) is -0.558. The van der Waals surface area contributed by atoms with Crippen LogP contribution >= 0.6 is 0 Å². The quantitative estimate of drug-likeness (QED) is 0.478. The molecule has 0 spiro atoms. The summed E-state index contributed by atoms with van der Waals surface area (Å²) in [7, 11) is 0. The lowest BCUT2D eigenvalue weighted by atomic mass is 10.1. The molecule has 122 valence electrons. The first kappa shape index (κ1) is 18.4. The second-order valence-electron chi connectivity index (χ2n) is 5.58. The number of ketones is 1. The number of hydrogen-bond acceptors (Lipinski definition) is 3. The molecule has 0 radical (unpaired) electrons. The Balaban J connectivity index is 2.44. The number of carboxylic acids is 1. The Morgan fingerprint density at radius 1 is 1.27 bits per heavy atom. The smallest absolute Gasteiger partial charge is 0.303 e. The number of allylic oxidation sites excluding steroid dienone is 5. The van der Waals surface area contributed by atoms with E-state index >= 15 is 0 Å². The van der Waals surface area contributed by atoms with Gasteiger partial charge in [-0.1, -0.05) is 31.2 Å². The predicted molar refractivity (Wildman–Crippen MR) is 86.6 cm³/mol. The van der Waals surface area contributed by atoms with Crippen molar-refractivity contribution in [3.63, 3.8) is 0 Å². The third kappa shape index (κ3) is 6.85. The molecule has 0 bridgehead atoms. The molecule has 0 aromatic heterocycles. The summed E-state index contributed by atoms with van der Waals surface area (Å²) in [5.41, 5.74) is 1.88. The van der Waals surface area contributed by atoms with E-state index < -0.39 is 12.1 Å². The minimum atomic E-state index is -0.753. The third-order valence-electron chi connectivity index (χ3n) is 3.78. The van der Waals surface area contributed by atoms with Gasteiger partial charge in [-0.25, -0.2) is 0 Å². The van der Waals surface area contributed by atoms with Crippen LogP contribution in [0.25, 0.3) is 0 Å². The Labute approximate surface area is 132 Å². The zero-order chi connectivity index (χ0) is 16.4. The summed E-state index contributed by atoms with van der Waals surface area (Å²) >= 11 is 0. The average molecular weight is 306 g/mol. The van der Waals surface area contributed by atoms with Crippen LogP contribution in [0.1, 0.15) is 58.3 Å². The van der Waals surface area contributed by atoms with Crippen LogP contribution in [0.4, 0.5) is 0 Å². The van der Waals surface area contributed by atoms with Crippen molar-refractivity contribution in [3.05, 3.63) is 35.5 Å². The molecule has 1 rings (SSSR count). The number of aliphatic carboxylic acids is 1. The van der Waals surface area contributed by atoms with Crippen LogP contribution in [0.2, 0.25) is 0 Å². The van der Waals surface area contributed by atoms with Crippen molar-refractivity contribution in [2.24, 2.45) is 0 Å². The zero-order valence-electron chi connectivity index (χ0n) is 13.3. The number of rotatable bonds is 10. The fourth-order valence-electron chi connectivity index (χ4n) is 2.38. The number of hydrogen-bond donors (Lipinski definition) is 2. The number of Topliss-reactive ketones (excluding diaryl/α,β-unsaturated/α-hetero) is 1. The molecule has 0 heterocycles. The Bertz CT molecular complexity index is 471. The summed E-state index contributed by atoms with van der Waals surface area (Å²) in [4.78, 5) is 22.3. The molecule has 0 fully saturated rings. The molecule has 0 unspecified atom stereocenters. The number of carbonyl (C=O) groups is 2. The molecular weight excluding hydrogens is 280 g/mol. The van der Waals surface area contributed by atoms with Crippen molar-refractivity contribution in [3.8, 4) is 0 Å². The average Bonchev–Trinajstić information content (AvgIpc) is 2.84. The van der Waals surface area contributed by atoms with Crippen molar-refractivity contribution >= 4 is 11.8 Å². The summed E-state index contributed by atoms with van der Waals surface area (Å²) in [6, 6.07) is 0. The lowest BCUT2D eigenvalue weighted by Gasteiger charge is -2.02. The van der Waals surface area contributed by atoms with E-state index in [4.69, 9.17) is 5.11 Å². The van der Waals surface area contributed by atoms with E-state index in [0.717, 1.165) is 30.4 Å². The minimum absolute atomic E-state index is 0.196. The van der Waals surface area contributed by atoms with Gasteiger partial charge in [0.25, 0.3) is 0 Å². The molecule has 22 heavy (non-hydrogen) atoms. The fourth-order valence-corrected chi connectivity index (χ4v) is 2.38. The van der Waals surface area contributed by atoms with Gasteiger partial charge in [0, 0.05) is 18.4 Å². The van der Waals surface area contributed by atoms with Crippen molar-refractivity contribution in [1.29, 1.82) is 0 Å². The Kier molecular flexibility index (Phi) is 8.44. The van der Waals surface area contributed by atoms with E-state index in [2.05, 4.69) is 0 Å². The van der Waals surface area contributed by atoms with E-state index in [9.17, 15) is 14.7 Å². The lowest BCUT2D eigenvalue weighted by Crippen LogP contribution is -1.98. The van der Waals surface area contributed by atoms with Gasteiger partial charge in [-0.05, 0) is 44.1 Å². The van der Waals surface area contributed by atoms with E-state index in [1.54, 1.807) is 6.08 Å². The normalized spacial score (nSPS) is 17.1. The van der Waals surface area contributed by atoms with E-state index in [1.165, 1.54) is 0 Å². The molecule has 2 N–H and O–H groups in total. The molecule has 1 aliphatic rings. The van der Waals surface area contributed by atoms with Gasteiger partial charge in [0.15, 0.2) is 5.78 Å². The molecule has 0 aromatic carbocycles. The van der Waals surface area contributed by atoms with Gasteiger partial charge in [0.05, 0.1) is 6.10 Å².